The number of aromatic nitrogens is 2. The number of nitrogens with one attached hydrogen (secondary N) is 1. The molecule has 0 aliphatic carbocycles. The second-order valence-corrected chi connectivity index (χ2v) is 12.3. The molecule has 3 atom stereocenters. The smallest absolute Gasteiger partial charge is 0.151 e. The van der Waals surface area contributed by atoms with Crippen LogP contribution >= 0.6 is 0 Å². The first-order chi connectivity index (χ1) is 17.9. The van der Waals surface area contributed by atoms with E-state index in [4.69, 9.17) is 14.2 Å². The van der Waals surface area contributed by atoms with Gasteiger partial charge in [-0.3, -0.25) is 0 Å². The molecule has 0 bridgehead atoms. The summed E-state index contributed by atoms with van der Waals surface area (Å²) in [7, 11) is -2.41. The molecule has 6 rings (SSSR count). The van der Waals surface area contributed by atoms with Crippen molar-refractivity contribution in [3.8, 4) is 5.75 Å². The van der Waals surface area contributed by atoms with Crippen LogP contribution in [0.1, 0.15) is 24.8 Å². The Morgan fingerprint density at radius 3 is 2.84 bits per heavy atom. The molecule has 2 N–H and O–H groups in total. The summed E-state index contributed by atoms with van der Waals surface area (Å²) in [5.74, 6) is 1.23. The highest BCUT2D eigenvalue weighted by Crippen LogP contribution is 2.36. The number of aliphatic hydroxyl groups is 1. The number of benzene rings is 2. The van der Waals surface area contributed by atoms with Crippen LogP contribution in [-0.2, 0) is 19.2 Å². The molecule has 0 amide bonds. The Morgan fingerprint density at radius 2 is 2.00 bits per heavy atom. The topological polar surface area (TPSA) is 115 Å². The molecule has 4 heterocycles. The molecule has 3 aromatic rings. The van der Waals surface area contributed by atoms with E-state index in [1.54, 1.807) is 12.1 Å². The van der Waals surface area contributed by atoms with Crippen molar-refractivity contribution in [3.63, 3.8) is 0 Å². The number of hydrogen-bond donors (Lipinski definition) is 2. The monoisotopic (exact) mass is 528 g/mol. The molecular weight excluding hydrogens is 499 g/mol. The lowest BCUT2D eigenvalue weighted by Gasteiger charge is -2.21. The number of rotatable bonds is 5. The number of hydrogen-bond acceptors (Lipinski definition) is 9. The molecule has 3 aliphatic heterocycles. The van der Waals surface area contributed by atoms with Gasteiger partial charge in [0.2, 0.25) is 0 Å². The molecule has 0 spiro atoms. The van der Waals surface area contributed by atoms with Gasteiger partial charge in [-0.15, -0.1) is 0 Å². The van der Waals surface area contributed by atoms with Gasteiger partial charge in [-0.05, 0) is 56.0 Å². The van der Waals surface area contributed by atoms with E-state index in [1.165, 1.54) is 18.5 Å². The molecule has 0 unspecified atom stereocenters. The predicted octanol–water partition coefficient (Wildman–Crippen LogP) is 4.01. The van der Waals surface area contributed by atoms with Crippen LogP contribution in [0.5, 0.6) is 5.75 Å². The SMILES string of the molecule is Cc1cc(N=S2(=O)CCC(O)CC2)cc2ncnc(Nc3ccc(F)cc3O[C@@H]3CO[C@@H]4CCO[C@@H]43)c12. The van der Waals surface area contributed by atoms with Gasteiger partial charge in [0.05, 0.1) is 45.4 Å². The van der Waals surface area contributed by atoms with E-state index in [-0.39, 0.29) is 18.3 Å². The molecule has 1 aromatic heterocycles. The molecule has 2 aromatic carbocycles. The van der Waals surface area contributed by atoms with Crippen molar-refractivity contribution >= 4 is 37.8 Å². The molecule has 0 radical (unpaired) electrons. The molecule has 3 fully saturated rings. The summed E-state index contributed by atoms with van der Waals surface area (Å²) < 4.78 is 49.7. The molecule has 3 aliphatic rings. The minimum atomic E-state index is -2.41. The predicted molar refractivity (Wildman–Crippen MR) is 138 cm³/mol. The zero-order valence-electron chi connectivity index (χ0n) is 20.4. The van der Waals surface area contributed by atoms with Crippen molar-refractivity contribution in [1.82, 2.24) is 9.97 Å². The summed E-state index contributed by atoms with van der Waals surface area (Å²) in [6.45, 7) is 2.93. The number of fused-ring (bicyclic) bond motifs is 2. The quantitative estimate of drug-likeness (QED) is 0.511. The summed E-state index contributed by atoms with van der Waals surface area (Å²) in [5, 5.41) is 13.8. The Balaban J connectivity index is 1.31. The maximum absolute atomic E-state index is 14.2. The van der Waals surface area contributed by atoms with Gasteiger partial charge in [0.25, 0.3) is 0 Å². The third-order valence-electron chi connectivity index (χ3n) is 7.13. The Kier molecular flexibility index (Phi) is 6.47. The number of nitrogens with zero attached hydrogens (tertiary/aromatic N) is 3. The zero-order chi connectivity index (χ0) is 25.6. The van der Waals surface area contributed by atoms with Crippen molar-refractivity contribution in [1.29, 1.82) is 0 Å². The first-order valence-corrected chi connectivity index (χ1v) is 14.3. The van der Waals surface area contributed by atoms with E-state index in [1.807, 2.05) is 13.0 Å². The van der Waals surface area contributed by atoms with Crippen LogP contribution in [0.2, 0.25) is 0 Å². The molecule has 0 saturated carbocycles. The van der Waals surface area contributed by atoms with Crippen LogP contribution < -0.4 is 10.1 Å². The van der Waals surface area contributed by atoms with Gasteiger partial charge in [-0.25, -0.2) is 18.6 Å². The first-order valence-electron chi connectivity index (χ1n) is 12.5. The minimum Gasteiger partial charge on any atom is -0.483 e. The second-order valence-electron chi connectivity index (χ2n) is 9.80. The molecule has 37 heavy (non-hydrogen) atoms. The fraction of sp³-hybridized carbons (Fsp3) is 0.462. The summed E-state index contributed by atoms with van der Waals surface area (Å²) in [5.41, 5.74) is 2.65. The number of anilines is 2. The van der Waals surface area contributed by atoms with E-state index in [2.05, 4.69) is 19.6 Å². The highest BCUT2D eigenvalue weighted by atomic mass is 32.2. The van der Waals surface area contributed by atoms with E-state index in [0.29, 0.717) is 66.0 Å². The number of aryl methyl sites for hydroxylation is 1. The van der Waals surface area contributed by atoms with Crippen LogP contribution in [0, 0.1) is 12.7 Å². The van der Waals surface area contributed by atoms with Crippen molar-refractivity contribution in [2.75, 3.05) is 30.0 Å². The van der Waals surface area contributed by atoms with Crippen LogP contribution in [0.15, 0.2) is 41.0 Å². The largest absolute Gasteiger partial charge is 0.483 e. The van der Waals surface area contributed by atoms with Gasteiger partial charge in [0, 0.05) is 29.6 Å². The lowest BCUT2D eigenvalue weighted by atomic mass is 10.1. The number of aliphatic hydroxyl groups excluding tert-OH is 1. The molecule has 9 nitrogen and oxygen atoms in total. The van der Waals surface area contributed by atoms with Gasteiger partial charge in [-0.2, -0.15) is 4.36 Å². The standard InChI is InChI=1S/C26H29FN4O5S/c1-15-10-17(31-37(33)8-5-18(32)6-9-37)12-20-24(15)26(29-14-28-20)30-19-3-2-16(27)11-22(19)36-23-13-35-21-4-7-34-25(21)23/h2-3,10-12,14,18,21,23,25,32H,4-9,13H2,1H3,(H,28,29,30)/t18?,21-,23-,25+,37?/m1/s1. The van der Waals surface area contributed by atoms with Crippen molar-refractivity contribution in [2.45, 2.75) is 50.6 Å². The summed E-state index contributed by atoms with van der Waals surface area (Å²) in [4.78, 5) is 8.86. The molecule has 11 heteroatoms. The van der Waals surface area contributed by atoms with Gasteiger partial charge in [0.15, 0.2) is 6.10 Å². The first kappa shape index (κ1) is 24.5. The van der Waals surface area contributed by atoms with E-state index in [0.717, 1.165) is 17.4 Å². The van der Waals surface area contributed by atoms with Crippen molar-refractivity contribution < 1.29 is 27.9 Å². The van der Waals surface area contributed by atoms with Crippen LogP contribution in [-0.4, -0.2) is 68.4 Å². The Hall–Kier alpha value is -2.86. The highest BCUT2D eigenvalue weighted by Gasteiger charge is 2.43. The van der Waals surface area contributed by atoms with Crippen LogP contribution in [0.25, 0.3) is 10.9 Å². The van der Waals surface area contributed by atoms with E-state index < -0.39 is 21.7 Å². The third kappa shape index (κ3) is 5.00. The zero-order valence-corrected chi connectivity index (χ0v) is 21.2. The average Bonchev–Trinajstić information content (AvgIpc) is 3.48. The van der Waals surface area contributed by atoms with Crippen LogP contribution in [0.3, 0.4) is 0 Å². The van der Waals surface area contributed by atoms with Gasteiger partial charge in [-0.1, -0.05) is 0 Å². The average molecular weight is 529 g/mol. The maximum atomic E-state index is 14.2. The minimum absolute atomic E-state index is 0.0109. The Bertz CT molecular complexity index is 1450. The van der Waals surface area contributed by atoms with Gasteiger partial charge in [0.1, 0.15) is 29.8 Å². The van der Waals surface area contributed by atoms with E-state index >= 15 is 0 Å². The van der Waals surface area contributed by atoms with E-state index in [9.17, 15) is 13.7 Å². The Morgan fingerprint density at radius 1 is 1.16 bits per heavy atom. The third-order valence-corrected chi connectivity index (χ3v) is 9.42. The summed E-state index contributed by atoms with van der Waals surface area (Å²) in [6, 6.07) is 7.98. The van der Waals surface area contributed by atoms with Crippen molar-refractivity contribution in [3.05, 3.63) is 48.0 Å². The fourth-order valence-electron chi connectivity index (χ4n) is 5.21. The highest BCUT2D eigenvalue weighted by molar-refractivity contribution is 7.93. The van der Waals surface area contributed by atoms with Gasteiger partial charge < -0.3 is 24.6 Å². The normalized spacial score (nSPS) is 29.3. The number of ether oxygens (including phenoxy) is 3. The second kappa shape index (κ2) is 9.79. The Labute approximate surface area is 214 Å². The fourth-order valence-corrected chi connectivity index (χ4v) is 7.37. The van der Waals surface area contributed by atoms with Gasteiger partial charge >= 0.3 is 0 Å². The summed E-state index contributed by atoms with van der Waals surface area (Å²) in [6.07, 6.45) is 2.37. The molecule has 196 valence electrons. The summed E-state index contributed by atoms with van der Waals surface area (Å²) >= 11 is 0. The molecular formula is C26H29FN4O5S. The molecule has 3 saturated heterocycles. The lowest BCUT2D eigenvalue weighted by molar-refractivity contribution is 0.0310. The maximum Gasteiger partial charge on any atom is 0.151 e. The lowest BCUT2D eigenvalue weighted by Crippen LogP contribution is -2.32. The van der Waals surface area contributed by atoms with Crippen LogP contribution in [0.4, 0.5) is 21.6 Å². The van der Waals surface area contributed by atoms with Crippen molar-refractivity contribution in [2.24, 2.45) is 4.36 Å². The number of halogens is 1.